The van der Waals surface area contributed by atoms with Crippen molar-refractivity contribution in [3.05, 3.63) is 237 Å². The van der Waals surface area contributed by atoms with E-state index in [1.807, 2.05) is 0 Å². The molecule has 0 N–H and O–H groups in total. The van der Waals surface area contributed by atoms with Gasteiger partial charge in [-0.05, 0) is 96.6 Å². The number of rotatable bonds is 8. The van der Waals surface area contributed by atoms with Crippen molar-refractivity contribution in [3.8, 4) is 55.6 Å². The molecule has 0 saturated carbocycles. The maximum Gasteiger partial charge on any atom is 0.0546 e. The summed E-state index contributed by atoms with van der Waals surface area (Å²) in [6, 6.07) is 85.6. The Kier molecular flexibility index (Phi) is 8.95. The number of anilines is 3. The van der Waals surface area contributed by atoms with Gasteiger partial charge in [-0.15, -0.1) is 0 Å². The van der Waals surface area contributed by atoms with E-state index >= 15 is 0 Å². The molecule has 0 aromatic heterocycles. The normalized spacial score (nSPS) is 11.2. The Morgan fingerprint density at radius 1 is 0.228 bits per heavy atom. The second-order valence-electron chi connectivity index (χ2n) is 14.4. The highest BCUT2D eigenvalue weighted by atomic mass is 15.1. The molecule has 0 unspecified atom stereocenters. The van der Waals surface area contributed by atoms with Gasteiger partial charge in [-0.3, -0.25) is 0 Å². The number of para-hydroxylation sites is 1. The predicted molar refractivity (Wildman–Crippen MR) is 243 cm³/mol. The van der Waals surface area contributed by atoms with Crippen LogP contribution < -0.4 is 4.90 Å². The summed E-state index contributed by atoms with van der Waals surface area (Å²) in [7, 11) is 0. The molecule has 57 heavy (non-hydrogen) atoms. The van der Waals surface area contributed by atoms with E-state index in [1.54, 1.807) is 0 Å². The SMILES string of the molecule is c1ccc(-c2cccc(-c3ccc(N(c4ccccc4)c4cccc5c4c(-c4ccccc4)c(-c4ccccc4)c4ccccc45)cc3)c2-c2ccccc2)cc1. The summed E-state index contributed by atoms with van der Waals surface area (Å²) in [5, 5.41) is 4.93. The van der Waals surface area contributed by atoms with Gasteiger partial charge in [0, 0.05) is 22.3 Å². The van der Waals surface area contributed by atoms with Gasteiger partial charge in [0.05, 0.1) is 5.69 Å². The van der Waals surface area contributed by atoms with Crippen molar-refractivity contribution < 1.29 is 0 Å². The molecule has 0 radical (unpaired) electrons. The molecule has 0 fully saturated rings. The molecule has 10 rings (SSSR count). The van der Waals surface area contributed by atoms with Crippen molar-refractivity contribution in [1.29, 1.82) is 0 Å². The Hall–Kier alpha value is -7.48. The lowest BCUT2D eigenvalue weighted by Crippen LogP contribution is -2.11. The van der Waals surface area contributed by atoms with Crippen LogP contribution in [0.5, 0.6) is 0 Å². The van der Waals surface area contributed by atoms with E-state index in [9.17, 15) is 0 Å². The fourth-order valence-corrected chi connectivity index (χ4v) is 8.57. The molecule has 0 saturated heterocycles. The first kappa shape index (κ1) is 34.0. The minimum absolute atomic E-state index is 1.09. The van der Waals surface area contributed by atoms with E-state index < -0.39 is 0 Å². The molecule has 0 spiro atoms. The standard InChI is InChI=1S/C56H39N/c1-6-20-40(21-7-1)47-32-18-33-48(53(47)42-22-8-2-9-23-42)41-36-38-46(39-37-41)57(45-28-14-5-15-29-45)52-35-19-34-51-49-30-16-17-31-50(49)54(43-24-10-3-11-25-43)55(56(51)52)44-26-12-4-13-27-44/h1-39H. The Morgan fingerprint density at radius 3 is 1.21 bits per heavy atom. The van der Waals surface area contributed by atoms with Crippen molar-refractivity contribution in [2.75, 3.05) is 4.90 Å². The smallest absolute Gasteiger partial charge is 0.0546 e. The first-order chi connectivity index (χ1) is 28.3. The fourth-order valence-electron chi connectivity index (χ4n) is 8.57. The molecule has 0 atom stereocenters. The van der Waals surface area contributed by atoms with Crippen LogP contribution in [0.25, 0.3) is 77.2 Å². The molecule has 10 aromatic carbocycles. The largest absolute Gasteiger partial charge is 0.310 e. The number of nitrogens with zero attached hydrogens (tertiary/aromatic N) is 1. The van der Waals surface area contributed by atoms with Crippen LogP contribution in [0.3, 0.4) is 0 Å². The average Bonchev–Trinajstić information content (AvgIpc) is 3.30. The van der Waals surface area contributed by atoms with Gasteiger partial charge in [-0.25, -0.2) is 0 Å². The number of hydrogen-bond acceptors (Lipinski definition) is 1. The molecular weight excluding hydrogens is 687 g/mol. The van der Waals surface area contributed by atoms with Gasteiger partial charge in [0.2, 0.25) is 0 Å². The molecule has 0 aliphatic rings. The summed E-state index contributed by atoms with van der Waals surface area (Å²) in [4.78, 5) is 2.43. The summed E-state index contributed by atoms with van der Waals surface area (Å²) < 4.78 is 0. The van der Waals surface area contributed by atoms with Crippen molar-refractivity contribution >= 4 is 38.6 Å². The Morgan fingerprint density at radius 2 is 0.632 bits per heavy atom. The van der Waals surface area contributed by atoms with Crippen LogP contribution in [0.4, 0.5) is 17.1 Å². The van der Waals surface area contributed by atoms with Crippen LogP contribution in [0.1, 0.15) is 0 Å². The van der Waals surface area contributed by atoms with Crippen LogP contribution >= 0.6 is 0 Å². The quantitative estimate of drug-likeness (QED) is 0.141. The second-order valence-corrected chi connectivity index (χ2v) is 14.4. The maximum atomic E-state index is 2.43. The molecule has 10 aromatic rings. The van der Waals surface area contributed by atoms with Crippen LogP contribution in [-0.2, 0) is 0 Å². The predicted octanol–water partition coefficient (Wildman–Crippen LogP) is 15.8. The third-order valence-corrected chi connectivity index (χ3v) is 11.1. The third kappa shape index (κ3) is 6.26. The lowest BCUT2D eigenvalue weighted by Gasteiger charge is -2.29. The first-order valence-corrected chi connectivity index (χ1v) is 19.6. The Balaban J connectivity index is 1.22. The van der Waals surface area contributed by atoms with Gasteiger partial charge in [-0.2, -0.15) is 0 Å². The number of fused-ring (bicyclic) bond motifs is 3. The lowest BCUT2D eigenvalue weighted by molar-refractivity contribution is 1.30. The van der Waals surface area contributed by atoms with E-state index in [0.29, 0.717) is 0 Å². The van der Waals surface area contributed by atoms with E-state index in [-0.39, 0.29) is 0 Å². The first-order valence-electron chi connectivity index (χ1n) is 19.6. The zero-order valence-electron chi connectivity index (χ0n) is 31.5. The fraction of sp³-hybridized carbons (Fsp3) is 0. The van der Waals surface area contributed by atoms with Crippen molar-refractivity contribution in [2.24, 2.45) is 0 Å². The Labute approximate surface area is 334 Å². The van der Waals surface area contributed by atoms with Gasteiger partial charge in [-0.1, -0.05) is 206 Å². The zero-order valence-corrected chi connectivity index (χ0v) is 31.5. The van der Waals surface area contributed by atoms with Crippen LogP contribution in [0.2, 0.25) is 0 Å². The highest BCUT2D eigenvalue weighted by Gasteiger charge is 2.24. The molecule has 268 valence electrons. The van der Waals surface area contributed by atoms with Gasteiger partial charge in [0.25, 0.3) is 0 Å². The summed E-state index contributed by atoms with van der Waals surface area (Å²) in [6.07, 6.45) is 0. The van der Waals surface area contributed by atoms with Crippen LogP contribution in [0.15, 0.2) is 237 Å². The van der Waals surface area contributed by atoms with E-state index in [4.69, 9.17) is 0 Å². The van der Waals surface area contributed by atoms with Gasteiger partial charge in [0.15, 0.2) is 0 Å². The molecule has 0 bridgehead atoms. The molecular formula is C56H39N. The summed E-state index contributed by atoms with van der Waals surface area (Å²) in [6.45, 7) is 0. The molecule has 1 heteroatoms. The van der Waals surface area contributed by atoms with E-state index in [0.717, 1.165) is 17.1 Å². The summed E-state index contributed by atoms with van der Waals surface area (Å²) >= 11 is 0. The van der Waals surface area contributed by atoms with Crippen molar-refractivity contribution in [1.82, 2.24) is 0 Å². The maximum absolute atomic E-state index is 2.43. The highest BCUT2D eigenvalue weighted by molar-refractivity contribution is 6.25. The van der Waals surface area contributed by atoms with Gasteiger partial charge >= 0.3 is 0 Å². The lowest BCUT2D eigenvalue weighted by atomic mass is 9.84. The van der Waals surface area contributed by atoms with E-state index in [2.05, 4.69) is 241 Å². The highest BCUT2D eigenvalue weighted by Crippen LogP contribution is 2.50. The monoisotopic (exact) mass is 725 g/mol. The average molecular weight is 726 g/mol. The van der Waals surface area contributed by atoms with Crippen LogP contribution in [-0.4, -0.2) is 0 Å². The Bertz CT molecular complexity index is 2960. The summed E-state index contributed by atoms with van der Waals surface area (Å²) in [5.74, 6) is 0. The minimum atomic E-state index is 1.09. The van der Waals surface area contributed by atoms with Crippen LogP contribution in [0, 0.1) is 0 Å². The van der Waals surface area contributed by atoms with Crippen molar-refractivity contribution in [3.63, 3.8) is 0 Å². The minimum Gasteiger partial charge on any atom is -0.310 e. The molecule has 0 heterocycles. The van der Waals surface area contributed by atoms with Gasteiger partial charge < -0.3 is 4.90 Å². The van der Waals surface area contributed by atoms with Crippen molar-refractivity contribution in [2.45, 2.75) is 0 Å². The molecule has 0 aliphatic carbocycles. The second kappa shape index (κ2) is 15.0. The van der Waals surface area contributed by atoms with E-state index in [1.165, 1.54) is 77.2 Å². The molecule has 0 amide bonds. The topological polar surface area (TPSA) is 3.24 Å². The zero-order chi connectivity index (χ0) is 38.0. The molecule has 0 aliphatic heterocycles. The van der Waals surface area contributed by atoms with Gasteiger partial charge in [0.1, 0.15) is 0 Å². The number of benzene rings is 10. The summed E-state index contributed by atoms with van der Waals surface area (Å²) in [5.41, 5.74) is 15.4. The molecule has 1 nitrogen and oxygen atoms in total. The number of hydrogen-bond donors (Lipinski definition) is 0. The third-order valence-electron chi connectivity index (χ3n) is 11.1.